The van der Waals surface area contributed by atoms with Gasteiger partial charge >= 0.3 is 0 Å². The molecule has 25 heavy (non-hydrogen) atoms. The van der Waals surface area contributed by atoms with Gasteiger partial charge in [0.05, 0.1) is 11.7 Å². The molecule has 0 amide bonds. The number of benzene rings is 1. The zero-order valence-corrected chi connectivity index (χ0v) is 15.5. The van der Waals surface area contributed by atoms with Gasteiger partial charge in [-0.05, 0) is 49.8 Å². The van der Waals surface area contributed by atoms with Crippen LogP contribution < -0.4 is 0 Å². The van der Waals surface area contributed by atoms with Gasteiger partial charge in [0.25, 0.3) is 0 Å². The van der Waals surface area contributed by atoms with Gasteiger partial charge in [0, 0.05) is 36.0 Å². The molecule has 0 aliphatic carbocycles. The first-order chi connectivity index (χ1) is 12.2. The number of piperidine rings is 1. The van der Waals surface area contributed by atoms with Crippen LogP contribution in [0.4, 0.5) is 0 Å². The molecule has 0 bridgehead atoms. The number of nitrogens with zero attached hydrogens (tertiary/aromatic N) is 1. The molecule has 0 radical (unpaired) electrons. The summed E-state index contributed by atoms with van der Waals surface area (Å²) in [5.41, 5.74) is 0.399. The maximum Gasteiger partial charge on any atom is 0.0920 e. The molecule has 134 valence electrons. The van der Waals surface area contributed by atoms with Crippen molar-refractivity contribution in [2.75, 3.05) is 19.7 Å². The molecule has 0 spiro atoms. The Labute approximate surface area is 154 Å². The van der Waals surface area contributed by atoms with Crippen LogP contribution in [0.5, 0.6) is 0 Å². The van der Waals surface area contributed by atoms with Crippen LogP contribution in [-0.4, -0.2) is 29.7 Å². The Morgan fingerprint density at radius 2 is 1.88 bits per heavy atom. The Bertz CT molecular complexity index is 670. The predicted octanol–water partition coefficient (Wildman–Crippen LogP) is 4.47. The van der Waals surface area contributed by atoms with Gasteiger partial charge in [0.2, 0.25) is 0 Å². The van der Waals surface area contributed by atoms with E-state index in [1.54, 1.807) is 0 Å². The van der Waals surface area contributed by atoms with Crippen LogP contribution in [-0.2, 0) is 16.9 Å². The fourth-order valence-corrected chi connectivity index (χ4v) is 5.10. The van der Waals surface area contributed by atoms with Crippen molar-refractivity contribution < 1.29 is 9.84 Å². The largest absolute Gasteiger partial charge is 0.385 e. The fraction of sp³-hybridized carbons (Fsp3) is 0.524. The normalized spacial score (nSPS) is 24.3. The van der Waals surface area contributed by atoms with Crippen LogP contribution in [0.2, 0.25) is 0 Å². The minimum atomic E-state index is -0.658. The van der Waals surface area contributed by atoms with Crippen molar-refractivity contribution >= 4 is 11.3 Å². The van der Waals surface area contributed by atoms with E-state index in [-0.39, 0.29) is 0 Å². The fourth-order valence-electron chi connectivity index (χ4n) is 3.96. The van der Waals surface area contributed by atoms with Gasteiger partial charge in [-0.2, -0.15) is 0 Å². The summed E-state index contributed by atoms with van der Waals surface area (Å²) in [4.78, 5) is 5.26. The zero-order valence-electron chi connectivity index (χ0n) is 14.7. The Morgan fingerprint density at radius 1 is 1.08 bits per heavy atom. The molecule has 0 saturated carbocycles. The molecule has 2 saturated heterocycles. The molecular formula is C21H27NO2S. The van der Waals surface area contributed by atoms with Crippen molar-refractivity contribution in [1.82, 2.24) is 4.90 Å². The molecule has 2 fully saturated rings. The van der Waals surface area contributed by atoms with Crippen molar-refractivity contribution in [1.29, 1.82) is 0 Å². The van der Waals surface area contributed by atoms with Crippen molar-refractivity contribution in [3.8, 4) is 0 Å². The van der Waals surface area contributed by atoms with E-state index in [0.29, 0.717) is 6.10 Å². The van der Waals surface area contributed by atoms with E-state index >= 15 is 0 Å². The van der Waals surface area contributed by atoms with E-state index in [2.05, 4.69) is 17.0 Å². The molecule has 2 aliphatic rings. The molecule has 0 unspecified atom stereocenters. The third kappa shape index (κ3) is 3.98. The van der Waals surface area contributed by atoms with Crippen LogP contribution >= 0.6 is 11.3 Å². The van der Waals surface area contributed by atoms with E-state index in [0.717, 1.165) is 51.1 Å². The average molecular weight is 358 g/mol. The number of aliphatic hydroxyl groups is 1. The average Bonchev–Trinajstić information content (AvgIpc) is 3.14. The third-order valence-corrected chi connectivity index (χ3v) is 6.72. The number of likely N-dealkylation sites (tertiary alicyclic amines) is 1. The molecule has 1 aromatic carbocycles. The minimum Gasteiger partial charge on any atom is -0.385 e. The topological polar surface area (TPSA) is 32.7 Å². The third-order valence-electron chi connectivity index (χ3n) is 5.55. The molecule has 4 rings (SSSR count). The second-order valence-electron chi connectivity index (χ2n) is 7.33. The highest BCUT2D eigenvalue weighted by molar-refractivity contribution is 7.12. The van der Waals surface area contributed by atoms with Gasteiger partial charge in [-0.15, -0.1) is 11.3 Å². The highest BCUT2D eigenvalue weighted by Crippen LogP contribution is 2.35. The summed E-state index contributed by atoms with van der Waals surface area (Å²) in [7, 11) is 0. The number of hydrogen-bond donors (Lipinski definition) is 1. The van der Waals surface area contributed by atoms with Crippen LogP contribution in [0.1, 0.15) is 53.5 Å². The molecular weight excluding hydrogens is 330 g/mol. The van der Waals surface area contributed by atoms with Crippen molar-refractivity contribution in [3.63, 3.8) is 0 Å². The zero-order chi connectivity index (χ0) is 17.1. The number of ether oxygens (including phenoxy) is 1. The monoisotopic (exact) mass is 357 g/mol. The molecule has 2 aromatic rings. The van der Waals surface area contributed by atoms with Crippen LogP contribution in [0.15, 0.2) is 42.5 Å². The Kier molecular flexibility index (Phi) is 5.23. The summed E-state index contributed by atoms with van der Waals surface area (Å²) in [6.07, 6.45) is 5.57. The maximum atomic E-state index is 11.0. The molecule has 1 atom stereocenters. The summed E-state index contributed by atoms with van der Waals surface area (Å²) in [5, 5.41) is 11.0. The molecule has 3 nitrogen and oxygen atoms in total. The van der Waals surface area contributed by atoms with Gasteiger partial charge < -0.3 is 9.84 Å². The van der Waals surface area contributed by atoms with Gasteiger partial charge in [-0.25, -0.2) is 0 Å². The summed E-state index contributed by atoms with van der Waals surface area (Å²) in [5.74, 6) is 0. The van der Waals surface area contributed by atoms with Crippen LogP contribution in [0, 0.1) is 0 Å². The summed E-state index contributed by atoms with van der Waals surface area (Å²) in [6, 6.07) is 14.6. The van der Waals surface area contributed by atoms with E-state index in [4.69, 9.17) is 4.74 Å². The van der Waals surface area contributed by atoms with E-state index in [1.165, 1.54) is 22.6 Å². The first-order valence-electron chi connectivity index (χ1n) is 9.43. The predicted molar refractivity (Wildman–Crippen MR) is 102 cm³/mol. The first-order valence-corrected chi connectivity index (χ1v) is 10.3. The molecule has 4 heteroatoms. The van der Waals surface area contributed by atoms with Crippen LogP contribution in [0.3, 0.4) is 0 Å². The van der Waals surface area contributed by atoms with E-state index < -0.39 is 5.60 Å². The van der Waals surface area contributed by atoms with Gasteiger partial charge in [-0.1, -0.05) is 30.3 Å². The second-order valence-corrected chi connectivity index (χ2v) is 8.53. The quantitative estimate of drug-likeness (QED) is 0.876. The highest BCUT2D eigenvalue weighted by atomic mass is 32.1. The van der Waals surface area contributed by atoms with Gasteiger partial charge in [0.15, 0.2) is 0 Å². The minimum absolute atomic E-state index is 0.317. The number of thiophene rings is 1. The SMILES string of the molecule is OC1(c2ccccc2)CCN(Cc2ccc([C@@H]3CCCCO3)s2)CC1. The summed E-state index contributed by atoms with van der Waals surface area (Å²) in [6.45, 7) is 3.78. The smallest absolute Gasteiger partial charge is 0.0920 e. The second kappa shape index (κ2) is 7.58. The Hall–Kier alpha value is -1.20. The lowest BCUT2D eigenvalue weighted by atomic mass is 9.84. The van der Waals surface area contributed by atoms with Gasteiger partial charge in [0.1, 0.15) is 0 Å². The molecule has 1 aromatic heterocycles. The summed E-state index contributed by atoms with van der Waals surface area (Å²) >= 11 is 1.90. The maximum absolute atomic E-state index is 11.0. The first kappa shape index (κ1) is 17.2. The van der Waals surface area contributed by atoms with Crippen molar-refractivity contribution in [2.45, 2.75) is 50.4 Å². The van der Waals surface area contributed by atoms with Crippen LogP contribution in [0.25, 0.3) is 0 Å². The lowest BCUT2D eigenvalue weighted by Gasteiger charge is -2.38. The Balaban J connectivity index is 1.34. The Morgan fingerprint density at radius 3 is 2.60 bits per heavy atom. The summed E-state index contributed by atoms with van der Waals surface area (Å²) < 4.78 is 5.91. The van der Waals surface area contributed by atoms with E-state index in [1.807, 2.05) is 41.7 Å². The molecule has 2 aliphatic heterocycles. The van der Waals surface area contributed by atoms with Gasteiger partial charge in [-0.3, -0.25) is 4.90 Å². The lowest BCUT2D eigenvalue weighted by Crippen LogP contribution is -2.42. The van der Waals surface area contributed by atoms with E-state index in [9.17, 15) is 5.11 Å². The number of rotatable bonds is 4. The lowest BCUT2D eigenvalue weighted by molar-refractivity contribution is -0.0275. The highest BCUT2D eigenvalue weighted by Gasteiger charge is 2.33. The molecule has 1 N–H and O–H groups in total. The van der Waals surface area contributed by atoms with Crippen molar-refractivity contribution in [2.24, 2.45) is 0 Å². The van der Waals surface area contributed by atoms with Crippen molar-refractivity contribution in [3.05, 3.63) is 57.8 Å². The number of hydrogen-bond acceptors (Lipinski definition) is 4. The molecule has 3 heterocycles. The standard InChI is InChI=1S/C21H27NO2S/c23-21(17-6-2-1-3-7-17)11-13-22(14-12-21)16-18-9-10-20(25-18)19-8-4-5-15-24-19/h1-3,6-7,9-10,19,23H,4-5,8,11-16H2/t19-/m0/s1.